The molecule has 0 amide bonds. The molecule has 5 nitrogen and oxygen atoms in total. The number of nitrogens with zero attached hydrogens (tertiary/aromatic N) is 1. The Labute approximate surface area is 158 Å². The summed E-state index contributed by atoms with van der Waals surface area (Å²) in [6, 6.07) is 8.81. The smallest absolute Gasteiger partial charge is 0.0545 e. The highest BCUT2D eigenvalue weighted by Gasteiger charge is 2.26. The molecule has 2 heterocycles. The third kappa shape index (κ3) is 4.83. The number of nitrogens with one attached hydrogen (secondary N) is 4. The highest BCUT2D eigenvalue weighted by atomic mass is 15.1. The highest BCUT2D eigenvalue weighted by molar-refractivity contribution is 5.12. The van der Waals surface area contributed by atoms with E-state index in [-0.39, 0.29) is 0 Å². The molecule has 2 bridgehead atoms. The lowest BCUT2D eigenvalue weighted by molar-refractivity contribution is 0.266. The van der Waals surface area contributed by atoms with Crippen molar-refractivity contribution in [1.82, 2.24) is 26.3 Å². The van der Waals surface area contributed by atoms with Crippen molar-refractivity contribution in [3.63, 3.8) is 0 Å². The first-order valence-electron chi connectivity index (χ1n) is 10.8. The molecule has 2 fully saturated rings. The van der Waals surface area contributed by atoms with Crippen LogP contribution in [0.3, 0.4) is 0 Å². The van der Waals surface area contributed by atoms with Gasteiger partial charge >= 0.3 is 0 Å². The number of fused-ring (bicyclic) bond motifs is 4. The number of hydrogen-bond donors (Lipinski definition) is 4. The zero-order valence-corrected chi connectivity index (χ0v) is 16.0. The zero-order valence-electron chi connectivity index (χ0n) is 16.0. The Hall–Kier alpha value is -1.01. The first-order chi connectivity index (χ1) is 12.9. The third-order valence-corrected chi connectivity index (χ3v) is 6.43. The highest BCUT2D eigenvalue weighted by Crippen LogP contribution is 2.20. The second-order valence-electron chi connectivity index (χ2n) is 8.29. The normalized spacial score (nSPS) is 34.0. The zero-order chi connectivity index (χ0) is 17.6. The molecule has 144 valence electrons. The van der Waals surface area contributed by atoms with Gasteiger partial charge in [-0.1, -0.05) is 31.7 Å². The Kier molecular flexibility index (Phi) is 6.54. The first-order valence-corrected chi connectivity index (χ1v) is 10.8. The Morgan fingerprint density at radius 2 is 1.04 bits per heavy atom. The topological polar surface area (TPSA) is 61.0 Å². The van der Waals surface area contributed by atoms with Gasteiger partial charge in [0.1, 0.15) is 0 Å². The third-order valence-electron chi connectivity index (χ3n) is 6.43. The van der Waals surface area contributed by atoms with Gasteiger partial charge < -0.3 is 21.3 Å². The molecular formula is C21H35N5. The van der Waals surface area contributed by atoms with Gasteiger partial charge in [-0.15, -0.1) is 0 Å². The van der Waals surface area contributed by atoms with Crippen LogP contribution in [0.4, 0.5) is 0 Å². The maximum Gasteiger partial charge on any atom is 0.0545 e. The van der Waals surface area contributed by atoms with E-state index in [4.69, 9.17) is 4.98 Å². The number of aromatic nitrogens is 1. The summed E-state index contributed by atoms with van der Waals surface area (Å²) in [6.45, 7) is 3.89. The minimum absolute atomic E-state index is 0.569. The predicted molar refractivity (Wildman–Crippen MR) is 106 cm³/mol. The lowest BCUT2D eigenvalue weighted by Crippen LogP contribution is -2.53. The van der Waals surface area contributed by atoms with Crippen LogP contribution in [0.25, 0.3) is 0 Å². The maximum absolute atomic E-state index is 4.89. The molecule has 5 heteroatoms. The standard InChI is InChI=1S/C21H35N5/c1-3-10-20-18(8-1)22-12-13-23-19-9-2-4-11-21(19)25-15-17-7-5-6-16(26-17)14-24-20/h5-7,18-25H,1-4,8-15H2/t18-,19?,20-,21?/m0/s1. The molecule has 2 unspecified atom stereocenters. The van der Waals surface area contributed by atoms with E-state index in [0.717, 1.165) is 26.2 Å². The first kappa shape index (κ1) is 18.4. The van der Waals surface area contributed by atoms with E-state index in [9.17, 15) is 0 Å². The molecular weight excluding hydrogens is 322 g/mol. The van der Waals surface area contributed by atoms with E-state index in [2.05, 4.69) is 39.5 Å². The molecule has 3 aliphatic rings. The van der Waals surface area contributed by atoms with Crippen LogP contribution in [0.5, 0.6) is 0 Å². The molecule has 2 saturated carbocycles. The number of rotatable bonds is 0. The van der Waals surface area contributed by atoms with Crippen molar-refractivity contribution in [2.45, 2.75) is 88.6 Å². The van der Waals surface area contributed by atoms with Crippen molar-refractivity contribution in [1.29, 1.82) is 0 Å². The summed E-state index contributed by atoms with van der Waals surface area (Å²) < 4.78 is 0. The van der Waals surface area contributed by atoms with Crippen LogP contribution in [-0.4, -0.2) is 42.2 Å². The second-order valence-corrected chi connectivity index (χ2v) is 8.29. The van der Waals surface area contributed by atoms with E-state index in [1.165, 1.54) is 62.8 Å². The molecule has 1 aromatic heterocycles. The van der Waals surface area contributed by atoms with Gasteiger partial charge in [0.15, 0.2) is 0 Å². The van der Waals surface area contributed by atoms with Gasteiger partial charge in [0.05, 0.1) is 11.4 Å². The van der Waals surface area contributed by atoms with E-state index >= 15 is 0 Å². The monoisotopic (exact) mass is 357 g/mol. The Bertz CT molecular complexity index is 518. The largest absolute Gasteiger partial charge is 0.311 e. The minimum atomic E-state index is 0.569. The van der Waals surface area contributed by atoms with Crippen LogP contribution in [0.1, 0.15) is 62.8 Å². The number of pyridine rings is 1. The summed E-state index contributed by atoms with van der Waals surface area (Å²) in [7, 11) is 0. The Morgan fingerprint density at radius 1 is 0.615 bits per heavy atom. The summed E-state index contributed by atoms with van der Waals surface area (Å²) >= 11 is 0. The van der Waals surface area contributed by atoms with Crippen molar-refractivity contribution in [2.24, 2.45) is 0 Å². The Balaban J connectivity index is 1.47. The SMILES string of the molecule is c1cc2nc(c1)CN[C@H]1CCCC[C@@H]1NCCNC1CCCCC1NC2. The van der Waals surface area contributed by atoms with Crippen molar-refractivity contribution in [2.75, 3.05) is 13.1 Å². The fourth-order valence-electron chi connectivity index (χ4n) is 4.95. The fraction of sp³-hybridized carbons (Fsp3) is 0.762. The predicted octanol–water partition coefficient (Wildman–Crippen LogP) is 2.08. The molecule has 0 aromatic carbocycles. The lowest BCUT2D eigenvalue weighted by Gasteiger charge is -2.34. The summed E-state index contributed by atoms with van der Waals surface area (Å²) in [5.74, 6) is 0. The van der Waals surface area contributed by atoms with Gasteiger partial charge in [-0.25, -0.2) is 0 Å². The van der Waals surface area contributed by atoms with Crippen LogP contribution in [0, 0.1) is 0 Å². The van der Waals surface area contributed by atoms with E-state index < -0.39 is 0 Å². The maximum atomic E-state index is 4.89. The average molecular weight is 358 g/mol. The van der Waals surface area contributed by atoms with Crippen LogP contribution in [-0.2, 0) is 13.1 Å². The van der Waals surface area contributed by atoms with Crippen LogP contribution < -0.4 is 21.3 Å². The Morgan fingerprint density at radius 3 is 1.50 bits per heavy atom. The van der Waals surface area contributed by atoms with Crippen molar-refractivity contribution in [3.05, 3.63) is 29.6 Å². The lowest BCUT2D eigenvalue weighted by atomic mass is 9.89. The van der Waals surface area contributed by atoms with E-state index in [1.807, 2.05) is 0 Å². The van der Waals surface area contributed by atoms with E-state index in [0.29, 0.717) is 24.2 Å². The average Bonchev–Trinajstić information content (AvgIpc) is 2.69. The van der Waals surface area contributed by atoms with Crippen molar-refractivity contribution in [3.8, 4) is 0 Å². The molecule has 1 aromatic rings. The summed E-state index contributed by atoms with van der Waals surface area (Å²) in [6.07, 6.45) is 10.5. The van der Waals surface area contributed by atoms with Gasteiger partial charge in [0, 0.05) is 50.3 Å². The summed E-state index contributed by atoms with van der Waals surface area (Å²) in [4.78, 5) is 4.89. The second kappa shape index (κ2) is 9.27. The molecule has 26 heavy (non-hydrogen) atoms. The molecule has 0 radical (unpaired) electrons. The van der Waals surface area contributed by atoms with Gasteiger partial charge in [-0.2, -0.15) is 0 Å². The molecule has 2 aliphatic carbocycles. The minimum Gasteiger partial charge on any atom is -0.311 e. The molecule has 0 spiro atoms. The number of hydrogen-bond acceptors (Lipinski definition) is 5. The van der Waals surface area contributed by atoms with Crippen molar-refractivity contribution >= 4 is 0 Å². The van der Waals surface area contributed by atoms with Gasteiger partial charge in [0.2, 0.25) is 0 Å². The molecule has 4 atom stereocenters. The molecule has 0 saturated heterocycles. The molecule has 1 aliphatic heterocycles. The van der Waals surface area contributed by atoms with Crippen LogP contribution in [0.15, 0.2) is 18.2 Å². The molecule has 4 N–H and O–H groups in total. The van der Waals surface area contributed by atoms with Crippen molar-refractivity contribution < 1.29 is 0 Å². The summed E-state index contributed by atoms with van der Waals surface area (Å²) in [5.41, 5.74) is 2.34. The van der Waals surface area contributed by atoms with Crippen LogP contribution in [0.2, 0.25) is 0 Å². The summed E-state index contributed by atoms with van der Waals surface area (Å²) in [5, 5.41) is 15.2. The van der Waals surface area contributed by atoms with E-state index in [1.54, 1.807) is 0 Å². The van der Waals surface area contributed by atoms with Gasteiger partial charge in [0.25, 0.3) is 0 Å². The van der Waals surface area contributed by atoms with Crippen LogP contribution >= 0.6 is 0 Å². The molecule has 4 rings (SSSR count). The fourth-order valence-corrected chi connectivity index (χ4v) is 4.95. The quantitative estimate of drug-likeness (QED) is 0.573. The van der Waals surface area contributed by atoms with Gasteiger partial charge in [-0.3, -0.25) is 4.98 Å². The van der Waals surface area contributed by atoms with Gasteiger partial charge in [-0.05, 0) is 37.8 Å².